The molecule has 4 aromatic heterocycles. The Morgan fingerprint density at radius 3 is 2.69 bits per heavy atom. The molecule has 0 radical (unpaired) electrons. The standard InChI is InChI=1S/C30H26N8O4/c1-29(23-9-6-17(15-31)16-32-23)40-22-5-3-4-21(24(22)41-29)38-12-10-30(11-13-38)14-18(30)26-34-20-8-7-19(33-27(20)37(26)2)25-35-28(39)42-36-25/h3-9,16,18H,10-14H2,1-2H3,(H,35,36,39)/t18-,29?/m0/s1. The minimum Gasteiger partial charge on any atom is -0.443 e. The highest BCUT2D eigenvalue weighted by Crippen LogP contribution is 2.65. The fourth-order valence-corrected chi connectivity index (χ4v) is 6.52. The van der Waals surface area contributed by atoms with Gasteiger partial charge in [0.25, 0.3) is 5.79 Å². The molecule has 1 spiro atoms. The Kier molecular flexibility index (Phi) is 5.07. The van der Waals surface area contributed by atoms with Gasteiger partial charge in [0.1, 0.15) is 28.8 Å². The molecule has 5 aromatic rings. The Labute approximate surface area is 239 Å². The molecule has 42 heavy (non-hydrogen) atoms. The van der Waals surface area contributed by atoms with Gasteiger partial charge >= 0.3 is 5.76 Å². The van der Waals surface area contributed by atoms with Crippen LogP contribution in [0.2, 0.25) is 0 Å². The summed E-state index contributed by atoms with van der Waals surface area (Å²) in [6, 6.07) is 15.3. The summed E-state index contributed by atoms with van der Waals surface area (Å²) >= 11 is 0. The number of para-hydroxylation sites is 1. The van der Waals surface area contributed by atoms with E-state index >= 15 is 0 Å². The highest BCUT2D eigenvalue weighted by molar-refractivity contribution is 5.75. The van der Waals surface area contributed by atoms with Crippen molar-refractivity contribution >= 4 is 16.9 Å². The van der Waals surface area contributed by atoms with Crippen LogP contribution in [-0.4, -0.2) is 42.7 Å². The number of fused-ring (bicyclic) bond motifs is 2. The molecule has 2 aliphatic heterocycles. The number of hydrogen-bond acceptors (Lipinski definition) is 10. The molecule has 2 fully saturated rings. The topological polar surface area (TPSA) is 148 Å². The zero-order valence-electron chi connectivity index (χ0n) is 23.0. The van der Waals surface area contributed by atoms with Crippen LogP contribution in [0.5, 0.6) is 11.5 Å². The van der Waals surface area contributed by atoms with Crippen molar-refractivity contribution in [3.8, 4) is 29.1 Å². The maximum atomic E-state index is 11.4. The van der Waals surface area contributed by atoms with Crippen LogP contribution in [0.1, 0.15) is 49.2 Å². The first-order valence-corrected chi connectivity index (χ1v) is 13.9. The molecule has 1 aliphatic carbocycles. The summed E-state index contributed by atoms with van der Waals surface area (Å²) in [6.07, 6.45) is 4.71. The van der Waals surface area contributed by atoms with Crippen LogP contribution in [0.15, 0.2) is 58.0 Å². The van der Waals surface area contributed by atoms with Gasteiger partial charge in [-0.1, -0.05) is 11.2 Å². The highest BCUT2D eigenvalue weighted by Gasteiger charge is 2.57. The molecule has 1 aromatic carbocycles. The second-order valence-corrected chi connectivity index (χ2v) is 11.4. The summed E-state index contributed by atoms with van der Waals surface area (Å²) in [6.45, 7) is 3.65. The molecule has 210 valence electrons. The molecule has 12 heteroatoms. The zero-order chi connectivity index (χ0) is 28.6. The Balaban J connectivity index is 0.999. The summed E-state index contributed by atoms with van der Waals surface area (Å²) in [5.74, 6) is 1.44. The fraction of sp³-hybridized carbons (Fsp3) is 0.333. The number of aromatic amines is 1. The zero-order valence-corrected chi connectivity index (χ0v) is 23.0. The number of nitriles is 1. The third-order valence-electron chi connectivity index (χ3n) is 8.95. The van der Waals surface area contributed by atoms with Crippen molar-refractivity contribution in [3.05, 3.63) is 76.3 Å². The molecule has 8 rings (SSSR count). The SMILES string of the molecule is Cn1c([C@@H]2CC23CCN(c2cccc4c2OC(C)(c2ccc(C#N)cn2)O4)CC3)nc2ccc(-c3noc(=O)[nH]3)nc21. The molecule has 1 saturated carbocycles. The second kappa shape index (κ2) is 8.66. The lowest BCUT2D eigenvalue weighted by atomic mass is 9.90. The lowest BCUT2D eigenvalue weighted by molar-refractivity contribution is -0.0716. The highest BCUT2D eigenvalue weighted by atomic mass is 16.7. The van der Waals surface area contributed by atoms with E-state index in [9.17, 15) is 4.79 Å². The van der Waals surface area contributed by atoms with Crippen molar-refractivity contribution in [2.24, 2.45) is 12.5 Å². The summed E-state index contributed by atoms with van der Waals surface area (Å²) < 4.78 is 19.4. The third-order valence-corrected chi connectivity index (χ3v) is 8.95. The Bertz CT molecular complexity index is 1960. The number of aryl methyl sites for hydroxylation is 1. The van der Waals surface area contributed by atoms with E-state index < -0.39 is 11.5 Å². The van der Waals surface area contributed by atoms with Gasteiger partial charge in [0, 0.05) is 39.2 Å². The van der Waals surface area contributed by atoms with E-state index in [1.54, 1.807) is 18.2 Å². The van der Waals surface area contributed by atoms with Gasteiger partial charge in [-0.3, -0.25) is 14.5 Å². The van der Waals surface area contributed by atoms with E-state index in [1.165, 1.54) is 6.20 Å². The third kappa shape index (κ3) is 3.69. The van der Waals surface area contributed by atoms with Crippen LogP contribution in [0, 0.1) is 16.7 Å². The molecular formula is C30H26N8O4. The van der Waals surface area contributed by atoms with Gasteiger partial charge < -0.3 is 18.9 Å². The van der Waals surface area contributed by atoms with Crippen LogP contribution in [0.4, 0.5) is 5.69 Å². The first-order chi connectivity index (χ1) is 20.4. The second-order valence-electron chi connectivity index (χ2n) is 11.4. The summed E-state index contributed by atoms with van der Waals surface area (Å²) in [4.78, 5) is 30.4. The number of pyridine rings is 2. The summed E-state index contributed by atoms with van der Waals surface area (Å²) in [5, 5.41) is 12.9. The Morgan fingerprint density at radius 1 is 1.10 bits per heavy atom. The van der Waals surface area contributed by atoms with Crippen LogP contribution < -0.4 is 20.1 Å². The minimum atomic E-state index is -1.07. The lowest BCUT2D eigenvalue weighted by Crippen LogP contribution is -2.36. The van der Waals surface area contributed by atoms with Gasteiger partial charge in [0.05, 0.1) is 11.3 Å². The molecule has 0 bridgehead atoms. The van der Waals surface area contributed by atoms with Crippen molar-refractivity contribution in [1.29, 1.82) is 5.26 Å². The van der Waals surface area contributed by atoms with Crippen LogP contribution >= 0.6 is 0 Å². The van der Waals surface area contributed by atoms with Crippen LogP contribution in [-0.2, 0) is 12.8 Å². The van der Waals surface area contributed by atoms with Gasteiger partial charge in [-0.05, 0) is 61.1 Å². The van der Waals surface area contributed by atoms with Crippen molar-refractivity contribution in [2.75, 3.05) is 18.0 Å². The molecule has 2 atom stereocenters. The average Bonchev–Trinajstić information content (AvgIpc) is 3.28. The molecule has 3 aliphatic rings. The number of H-pyrrole nitrogens is 1. The maximum Gasteiger partial charge on any atom is 0.439 e. The normalized spacial score (nSPS) is 22.0. The average molecular weight is 563 g/mol. The van der Waals surface area contributed by atoms with E-state index in [0.717, 1.165) is 60.8 Å². The van der Waals surface area contributed by atoms with Crippen molar-refractivity contribution in [1.82, 2.24) is 29.7 Å². The number of anilines is 1. The van der Waals surface area contributed by atoms with E-state index in [2.05, 4.69) is 41.3 Å². The van der Waals surface area contributed by atoms with Crippen molar-refractivity contribution in [3.63, 3.8) is 0 Å². The lowest BCUT2D eigenvalue weighted by Gasteiger charge is -2.35. The smallest absolute Gasteiger partial charge is 0.439 e. The van der Waals surface area contributed by atoms with E-state index in [0.29, 0.717) is 34.4 Å². The van der Waals surface area contributed by atoms with Crippen molar-refractivity contribution in [2.45, 2.75) is 37.9 Å². The van der Waals surface area contributed by atoms with E-state index in [-0.39, 0.29) is 5.41 Å². The molecule has 0 amide bonds. The fourth-order valence-electron chi connectivity index (χ4n) is 6.52. The number of aromatic nitrogens is 6. The molecule has 1 unspecified atom stereocenters. The number of rotatable bonds is 4. The van der Waals surface area contributed by atoms with Crippen molar-refractivity contribution < 1.29 is 14.0 Å². The molecule has 6 heterocycles. The van der Waals surface area contributed by atoms with Gasteiger partial charge in [0.15, 0.2) is 17.1 Å². The van der Waals surface area contributed by atoms with Gasteiger partial charge in [-0.15, -0.1) is 0 Å². The number of nitrogens with one attached hydrogen (secondary N) is 1. The predicted octanol–water partition coefficient (Wildman–Crippen LogP) is 4.00. The maximum absolute atomic E-state index is 11.4. The van der Waals surface area contributed by atoms with Gasteiger partial charge in [-0.2, -0.15) is 5.26 Å². The van der Waals surface area contributed by atoms with Crippen LogP contribution in [0.25, 0.3) is 22.7 Å². The largest absolute Gasteiger partial charge is 0.443 e. The monoisotopic (exact) mass is 562 g/mol. The molecule has 1 N–H and O–H groups in total. The Hall–Kier alpha value is -5.18. The predicted molar refractivity (Wildman–Crippen MR) is 150 cm³/mol. The molecule has 12 nitrogen and oxygen atoms in total. The summed E-state index contributed by atoms with van der Waals surface area (Å²) in [7, 11) is 2.00. The number of piperidine rings is 1. The quantitative estimate of drug-likeness (QED) is 0.341. The Morgan fingerprint density at radius 2 is 1.95 bits per heavy atom. The number of benzene rings is 1. The first kappa shape index (κ1) is 24.6. The number of ether oxygens (including phenoxy) is 2. The first-order valence-electron chi connectivity index (χ1n) is 13.9. The van der Waals surface area contributed by atoms with Gasteiger partial charge in [0.2, 0.25) is 5.82 Å². The number of hydrogen-bond donors (Lipinski definition) is 1. The van der Waals surface area contributed by atoms with E-state index in [4.69, 9.17) is 24.7 Å². The number of nitrogens with zero attached hydrogens (tertiary/aromatic N) is 7. The van der Waals surface area contributed by atoms with Crippen LogP contribution in [0.3, 0.4) is 0 Å². The van der Waals surface area contributed by atoms with Gasteiger partial charge in [-0.25, -0.2) is 14.8 Å². The number of imidazole rings is 1. The molecule has 1 saturated heterocycles. The summed E-state index contributed by atoms with van der Waals surface area (Å²) in [5.41, 5.74) is 4.43. The van der Waals surface area contributed by atoms with E-state index in [1.807, 2.05) is 32.2 Å². The minimum absolute atomic E-state index is 0.210. The molecular weight excluding hydrogens is 536 g/mol.